The van der Waals surface area contributed by atoms with E-state index in [2.05, 4.69) is 5.32 Å². The Kier molecular flexibility index (Phi) is 5.38. The topological polar surface area (TPSA) is 102 Å². The summed E-state index contributed by atoms with van der Waals surface area (Å²) in [6.45, 7) is 1.51. The molecule has 1 N–H and O–H groups in total. The summed E-state index contributed by atoms with van der Waals surface area (Å²) in [5, 5.41) is 13.7. The molecular weight excluding hydrogens is 314 g/mol. The molecule has 0 saturated heterocycles. The quantitative estimate of drug-likeness (QED) is 0.462. The van der Waals surface area contributed by atoms with Gasteiger partial charge in [0.2, 0.25) is 0 Å². The monoisotopic (exact) mass is 335 g/mol. The van der Waals surface area contributed by atoms with Gasteiger partial charge in [-0.25, -0.2) is 4.79 Å². The van der Waals surface area contributed by atoms with Crippen LogP contribution in [0.4, 0.5) is 11.4 Å². The van der Waals surface area contributed by atoms with Crippen LogP contribution in [-0.4, -0.2) is 43.5 Å². The van der Waals surface area contributed by atoms with Gasteiger partial charge in [-0.2, -0.15) is 0 Å². The molecule has 0 bridgehead atoms. The van der Waals surface area contributed by atoms with Crippen molar-refractivity contribution in [2.75, 3.05) is 25.6 Å². The number of nitro groups is 1. The van der Waals surface area contributed by atoms with Crippen molar-refractivity contribution in [1.29, 1.82) is 0 Å². The first-order valence-corrected chi connectivity index (χ1v) is 7.72. The highest BCUT2D eigenvalue weighted by Gasteiger charge is 2.29. The predicted octanol–water partition coefficient (Wildman–Crippen LogP) is 1.73. The minimum Gasteiger partial charge on any atom is -0.452 e. The molecule has 1 aliphatic carbocycles. The van der Waals surface area contributed by atoms with Gasteiger partial charge in [0.25, 0.3) is 11.6 Å². The number of nitrogens with one attached hydrogen (secondary N) is 1. The van der Waals surface area contributed by atoms with Crippen molar-refractivity contribution in [3.63, 3.8) is 0 Å². The zero-order valence-corrected chi connectivity index (χ0v) is 13.9. The molecule has 1 saturated carbocycles. The number of hydrogen-bond donors (Lipinski definition) is 1. The standard InChI is InChI=1S/C16H21N3O5/c1-10(11-4-5-11)17-15(20)9-24-16(21)13-8-12(19(22)23)6-7-14(13)18(2)3/h6-8,10-11H,4-5,9H2,1-3H3,(H,17,20)/t10-/m0/s1. The molecule has 1 aromatic carbocycles. The van der Waals surface area contributed by atoms with Crippen molar-refractivity contribution in [3.05, 3.63) is 33.9 Å². The number of anilines is 1. The van der Waals surface area contributed by atoms with Crippen molar-refractivity contribution in [2.24, 2.45) is 5.92 Å². The van der Waals surface area contributed by atoms with Crippen LogP contribution in [0.1, 0.15) is 30.1 Å². The summed E-state index contributed by atoms with van der Waals surface area (Å²) in [4.78, 5) is 36.0. The van der Waals surface area contributed by atoms with Crippen LogP contribution >= 0.6 is 0 Å². The van der Waals surface area contributed by atoms with E-state index in [1.807, 2.05) is 6.92 Å². The van der Waals surface area contributed by atoms with Gasteiger partial charge in [0, 0.05) is 32.3 Å². The fourth-order valence-electron chi connectivity index (χ4n) is 2.41. The van der Waals surface area contributed by atoms with Crippen molar-refractivity contribution in [2.45, 2.75) is 25.8 Å². The van der Waals surface area contributed by atoms with Crippen LogP contribution < -0.4 is 10.2 Å². The molecule has 1 aromatic rings. The van der Waals surface area contributed by atoms with Gasteiger partial charge in [0.1, 0.15) is 0 Å². The fraction of sp³-hybridized carbons (Fsp3) is 0.500. The molecule has 8 heteroatoms. The number of carbonyl (C=O) groups is 2. The summed E-state index contributed by atoms with van der Waals surface area (Å²) in [6, 6.07) is 4.01. The second-order valence-electron chi connectivity index (χ2n) is 6.12. The van der Waals surface area contributed by atoms with Crippen LogP contribution in [0.15, 0.2) is 18.2 Å². The van der Waals surface area contributed by atoms with Crippen LogP contribution in [0.2, 0.25) is 0 Å². The number of carbonyl (C=O) groups excluding carboxylic acids is 2. The molecule has 0 radical (unpaired) electrons. The van der Waals surface area contributed by atoms with Crippen molar-refractivity contribution >= 4 is 23.3 Å². The fourth-order valence-corrected chi connectivity index (χ4v) is 2.41. The zero-order valence-electron chi connectivity index (χ0n) is 13.9. The van der Waals surface area contributed by atoms with Gasteiger partial charge in [-0.05, 0) is 31.7 Å². The maximum absolute atomic E-state index is 12.2. The number of rotatable bonds is 7. The second-order valence-corrected chi connectivity index (χ2v) is 6.12. The highest BCUT2D eigenvalue weighted by molar-refractivity contribution is 5.97. The molecule has 130 valence electrons. The highest BCUT2D eigenvalue weighted by Crippen LogP contribution is 2.32. The molecule has 1 amide bonds. The average Bonchev–Trinajstić information content (AvgIpc) is 3.36. The number of amides is 1. The number of nitro benzene ring substituents is 1. The van der Waals surface area contributed by atoms with Gasteiger partial charge >= 0.3 is 5.97 Å². The first-order valence-electron chi connectivity index (χ1n) is 7.72. The van der Waals surface area contributed by atoms with E-state index in [9.17, 15) is 19.7 Å². The van der Waals surface area contributed by atoms with E-state index >= 15 is 0 Å². The Morgan fingerprint density at radius 3 is 2.62 bits per heavy atom. The lowest BCUT2D eigenvalue weighted by Gasteiger charge is -2.17. The van der Waals surface area contributed by atoms with Crippen LogP contribution in [0.3, 0.4) is 0 Å². The minimum atomic E-state index is -0.767. The highest BCUT2D eigenvalue weighted by atomic mass is 16.6. The van der Waals surface area contributed by atoms with E-state index in [0.29, 0.717) is 11.6 Å². The first kappa shape index (κ1) is 17.7. The maximum Gasteiger partial charge on any atom is 0.341 e. The molecule has 1 fully saturated rings. The molecule has 0 spiro atoms. The lowest BCUT2D eigenvalue weighted by molar-refractivity contribution is -0.384. The van der Waals surface area contributed by atoms with E-state index in [1.165, 1.54) is 12.1 Å². The Labute approximate surface area is 139 Å². The van der Waals surface area contributed by atoms with E-state index in [1.54, 1.807) is 19.0 Å². The summed E-state index contributed by atoms with van der Waals surface area (Å²) >= 11 is 0. The Bertz CT molecular complexity index is 655. The molecule has 2 rings (SSSR count). The van der Waals surface area contributed by atoms with Crippen molar-refractivity contribution in [3.8, 4) is 0 Å². The molecule has 1 aliphatic rings. The van der Waals surface area contributed by atoms with E-state index in [-0.39, 0.29) is 23.2 Å². The maximum atomic E-state index is 12.2. The second kappa shape index (κ2) is 7.29. The smallest absolute Gasteiger partial charge is 0.341 e. The number of benzene rings is 1. The summed E-state index contributed by atoms with van der Waals surface area (Å²) in [5.74, 6) is -0.641. The van der Waals surface area contributed by atoms with E-state index in [4.69, 9.17) is 4.74 Å². The van der Waals surface area contributed by atoms with Crippen molar-refractivity contribution in [1.82, 2.24) is 5.32 Å². The van der Waals surface area contributed by atoms with Crippen LogP contribution in [0.5, 0.6) is 0 Å². The van der Waals surface area contributed by atoms with Gasteiger partial charge in [-0.15, -0.1) is 0 Å². The predicted molar refractivity (Wildman–Crippen MR) is 88.0 cm³/mol. The molecule has 1 atom stereocenters. The molecule has 24 heavy (non-hydrogen) atoms. The SMILES string of the molecule is C[C@H](NC(=O)COC(=O)c1cc([N+](=O)[O-])ccc1N(C)C)C1CC1. The normalized spacial score (nSPS) is 14.6. The Balaban J connectivity index is 2.03. The summed E-state index contributed by atoms with van der Waals surface area (Å²) < 4.78 is 5.02. The van der Waals surface area contributed by atoms with E-state index in [0.717, 1.165) is 18.9 Å². The zero-order chi connectivity index (χ0) is 17.9. The number of nitrogens with zero attached hydrogens (tertiary/aromatic N) is 2. The Morgan fingerprint density at radius 2 is 2.08 bits per heavy atom. The van der Waals surface area contributed by atoms with E-state index < -0.39 is 17.5 Å². The molecule has 0 unspecified atom stereocenters. The third-order valence-corrected chi connectivity index (χ3v) is 3.94. The number of esters is 1. The Hall–Kier alpha value is -2.64. The minimum absolute atomic E-state index is 0.0530. The first-order chi connectivity index (χ1) is 11.3. The summed E-state index contributed by atoms with van der Waals surface area (Å²) in [5.41, 5.74) is 0.328. The third kappa shape index (κ3) is 4.43. The molecule has 8 nitrogen and oxygen atoms in total. The largest absolute Gasteiger partial charge is 0.452 e. The number of non-ortho nitro benzene ring substituents is 1. The third-order valence-electron chi connectivity index (χ3n) is 3.94. The molecule has 0 heterocycles. The molecule has 0 aliphatic heterocycles. The van der Waals surface area contributed by atoms with Gasteiger partial charge in [0.15, 0.2) is 6.61 Å². The molecule has 0 aromatic heterocycles. The Morgan fingerprint density at radius 1 is 1.42 bits per heavy atom. The van der Waals surface area contributed by atoms with Crippen LogP contribution in [0.25, 0.3) is 0 Å². The lowest BCUT2D eigenvalue weighted by atomic mass is 10.1. The molecular formula is C16H21N3O5. The number of ether oxygens (including phenoxy) is 1. The van der Waals surface area contributed by atoms with Gasteiger partial charge in [-0.1, -0.05) is 0 Å². The van der Waals surface area contributed by atoms with Gasteiger partial charge in [-0.3, -0.25) is 14.9 Å². The van der Waals surface area contributed by atoms with Gasteiger partial charge in [0.05, 0.1) is 16.2 Å². The van der Waals surface area contributed by atoms with Crippen LogP contribution in [-0.2, 0) is 9.53 Å². The summed E-state index contributed by atoms with van der Waals surface area (Å²) in [6.07, 6.45) is 2.20. The lowest BCUT2D eigenvalue weighted by Crippen LogP contribution is -2.37. The van der Waals surface area contributed by atoms with Crippen LogP contribution in [0, 0.1) is 16.0 Å². The summed E-state index contributed by atoms with van der Waals surface area (Å²) in [7, 11) is 3.42. The average molecular weight is 335 g/mol. The van der Waals surface area contributed by atoms with Crippen molar-refractivity contribution < 1.29 is 19.2 Å². The van der Waals surface area contributed by atoms with Gasteiger partial charge < -0.3 is 15.0 Å². The number of hydrogen-bond acceptors (Lipinski definition) is 6.